The molecular weight excluding hydrogens is 359 g/mol. The van der Waals surface area contributed by atoms with Gasteiger partial charge in [0.15, 0.2) is 5.78 Å². The largest absolute Gasteiger partial charge is 0.337 e. The summed E-state index contributed by atoms with van der Waals surface area (Å²) in [6.45, 7) is 2.97. The molecule has 4 nitrogen and oxygen atoms in total. The summed E-state index contributed by atoms with van der Waals surface area (Å²) in [4.78, 5) is 27.6. The minimum Gasteiger partial charge on any atom is -0.337 e. The number of rotatable bonds is 3. The van der Waals surface area contributed by atoms with Crippen molar-refractivity contribution >= 4 is 34.9 Å². The van der Waals surface area contributed by atoms with Crippen molar-refractivity contribution in [2.75, 3.05) is 26.2 Å². The van der Waals surface area contributed by atoms with Gasteiger partial charge in [-0.15, -0.1) is 0 Å². The molecule has 1 N–H and O–H groups in total. The Hall–Kier alpha value is -1.88. The van der Waals surface area contributed by atoms with Crippen LogP contribution in [0.2, 0.25) is 10.0 Å². The molecule has 0 spiro atoms. The molecule has 0 bridgehead atoms. The topological polar surface area (TPSA) is 49.4 Å². The van der Waals surface area contributed by atoms with Gasteiger partial charge in [-0.25, -0.2) is 0 Å². The molecule has 1 amide bonds. The lowest BCUT2D eigenvalue weighted by Crippen LogP contribution is -2.35. The molecule has 0 aromatic heterocycles. The lowest BCUT2D eigenvalue weighted by Gasteiger charge is -2.21. The summed E-state index contributed by atoms with van der Waals surface area (Å²) < 4.78 is 0. The molecule has 1 saturated heterocycles. The van der Waals surface area contributed by atoms with Crippen LogP contribution >= 0.6 is 23.2 Å². The summed E-state index contributed by atoms with van der Waals surface area (Å²) in [6.07, 6.45) is 0.897. The highest BCUT2D eigenvalue weighted by Crippen LogP contribution is 2.25. The number of carbonyl (C=O) groups is 2. The Labute approximate surface area is 156 Å². The first-order valence-electron chi connectivity index (χ1n) is 8.16. The van der Waals surface area contributed by atoms with Gasteiger partial charge in [-0.05, 0) is 37.2 Å². The molecule has 1 heterocycles. The number of nitrogens with one attached hydrogen (secondary N) is 1. The Morgan fingerprint density at radius 3 is 2.44 bits per heavy atom. The number of amides is 1. The highest BCUT2D eigenvalue weighted by Gasteiger charge is 2.23. The summed E-state index contributed by atoms with van der Waals surface area (Å²) >= 11 is 11.9. The molecule has 3 rings (SSSR count). The average Bonchev–Trinajstić information content (AvgIpc) is 2.92. The molecule has 6 heteroatoms. The van der Waals surface area contributed by atoms with Crippen molar-refractivity contribution in [3.05, 3.63) is 69.2 Å². The van der Waals surface area contributed by atoms with Crippen LogP contribution in [0.3, 0.4) is 0 Å². The quantitative estimate of drug-likeness (QED) is 0.831. The van der Waals surface area contributed by atoms with E-state index < -0.39 is 0 Å². The summed E-state index contributed by atoms with van der Waals surface area (Å²) in [6, 6.07) is 11.6. The molecule has 25 heavy (non-hydrogen) atoms. The van der Waals surface area contributed by atoms with Crippen molar-refractivity contribution in [3.63, 3.8) is 0 Å². The molecule has 2 aromatic rings. The highest BCUT2D eigenvalue weighted by molar-refractivity contribution is 6.42. The number of nitrogens with zero attached hydrogens (tertiary/aromatic N) is 1. The van der Waals surface area contributed by atoms with E-state index >= 15 is 0 Å². The minimum atomic E-state index is -0.240. The van der Waals surface area contributed by atoms with E-state index in [9.17, 15) is 9.59 Å². The molecule has 0 saturated carbocycles. The molecule has 0 atom stereocenters. The van der Waals surface area contributed by atoms with Gasteiger partial charge in [0.25, 0.3) is 5.91 Å². The number of ketones is 1. The molecule has 1 aliphatic rings. The third-order valence-electron chi connectivity index (χ3n) is 4.21. The second kappa shape index (κ2) is 8.00. The van der Waals surface area contributed by atoms with E-state index in [0.29, 0.717) is 39.8 Å². The van der Waals surface area contributed by atoms with Gasteiger partial charge in [-0.2, -0.15) is 0 Å². The number of benzene rings is 2. The predicted molar refractivity (Wildman–Crippen MR) is 99.7 cm³/mol. The fourth-order valence-electron chi connectivity index (χ4n) is 2.88. The van der Waals surface area contributed by atoms with E-state index in [0.717, 1.165) is 19.5 Å². The van der Waals surface area contributed by atoms with Crippen molar-refractivity contribution in [1.82, 2.24) is 10.2 Å². The maximum atomic E-state index is 12.9. The lowest BCUT2D eigenvalue weighted by atomic mass is 9.97. The molecule has 130 valence electrons. The van der Waals surface area contributed by atoms with E-state index in [1.165, 1.54) is 6.07 Å². The predicted octanol–water partition coefficient (Wildman–Crippen LogP) is 3.66. The third kappa shape index (κ3) is 4.03. The van der Waals surface area contributed by atoms with Crippen molar-refractivity contribution in [3.8, 4) is 0 Å². The lowest BCUT2D eigenvalue weighted by molar-refractivity contribution is 0.0762. The fraction of sp³-hybridized carbons (Fsp3) is 0.263. The van der Waals surface area contributed by atoms with Crippen molar-refractivity contribution < 1.29 is 9.59 Å². The van der Waals surface area contributed by atoms with Crippen LogP contribution in [0.15, 0.2) is 42.5 Å². The van der Waals surface area contributed by atoms with Crippen LogP contribution in [0.5, 0.6) is 0 Å². The second-order valence-corrected chi connectivity index (χ2v) is 6.71. The SMILES string of the molecule is O=C(c1ccc(Cl)c(Cl)c1)c1ccccc1C(=O)N1CCCNCC1. The highest BCUT2D eigenvalue weighted by atomic mass is 35.5. The van der Waals surface area contributed by atoms with Crippen LogP contribution in [0.4, 0.5) is 0 Å². The van der Waals surface area contributed by atoms with Gasteiger partial charge in [0.2, 0.25) is 0 Å². The van der Waals surface area contributed by atoms with Crippen LogP contribution in [0.25, 0.3) is 0 Å². The van der Waals surface area contributed by atoms with Crippen LogP contribution in [-0.4, -0.2) is 42.8 Å². The number of halogens is 2. The maximum absolute atomic E-state index is 12.9. The van der Waals surface area contributed by atoms with E-state index in [1.807, 2.05) is 0 Å². The van der Waals surface area contributed by atoms with Gasteiger partial charge in [0, 0.05) is 30.8 Å². The van der Waals surface area contributed by atoms with Crippen molar-refractivity contribution in [2.45, 2.75) is 6.42 Å². The third-order valence-corrected chi connectivity index (χ3v) is 4.95. The van der Waals surface area contributed by atoms with Gasteiger partial charge >= 0.3 is 0 Å². The first-order chi connectivity index (χ1) is 12.1. The average molecular weight is 377 g/mol. The van der Waals surface area contributed by atoms with E-state index in [1.54, 1.807) is 41.3 Å². The summed E-state index contributed by atoms with van der Waals surface area (Å²) in [5.41, 5.74) is 1.20. The summed E-state index contributed by atoms with van der Waals surface area (Å²) in [5.74, 6) is -0.358. The second-order valence-electron chi connectivity index (χ2n) is 5.90. The zero-order valence-corrected chi connectivity index (χ0v) is 15.1. The van der Waals surface area contributed by atoms with E-state index in [4.69, 9.17) is 23.2 Å². The van der Waals surface area contributed by atoms with E-state index in [2.05, 4.69) is 5.32 Å². The van der Waals surface area contributed by atoms with E-state index in [-0.39, 0.29) is 11.7 Å². The summed E-state index contributed by atoms with van der Waals surface area (Å²) in [5, 5.41) is 3.97. The van der Waals surface area contributed by atoms with Gasteiger partial charge in [-0.1, -0.05) is 41.4 Å². The Kier molecular flexibility index (Phi) is 5.74. The fourth-order valence-corrected chi connectivity index (χ4v) is 3.18. The van der Waals surface area contributed by atoms with Crippen LogP contribution in [0.1, 0.15) is 32.7 Å². The minimum absolute atomic E-state index is 0.118. The molecular formula is C19H18Cl2N2O2. The zero-order valence-electron chi connectivity index (χ0n) is 13.6. The zero-order chi connectivity index (χ0) is 17.8. The van der Waals surface area contributed by atoms with Crippen LogP contribution < -0.4 is 5.32 Å². The molecule has 0 aliphatic carbocycles. The normalized spacial score (nSPS) is 14.9. The van der Waals surface area contributed by atoms with Gasteiger partial charge in [0.1, 0.15) is 0 Å². The molecule has 1 aliphatic heterocycles. The van der Waals surface area contributed by atoms with Crippen LogP contribution in [-0.2, 0) is 0 Å². The Bertz CT molecular complexity index is 800. The maximum Gasteiger partial charge on any atom is 0.254 e. The van der Waals surface area contributed by atoms with Gasteiger partial charge < -0.3 is 10.2 Å². The molecule has 0 unspecified atom stereocenters. The van der Waals surface area contributed by atoms with Gasteiger partial charge in [0.05, 0.1) is 15.6 Å². The molecule has 1 fully saturated rings. The van der Waals surface area contributed by atoms with Crippen molar-refractivity contribution in [1.29, 1.82) is 0 Å². The molecule has 0 radical (unpaired) electrons. The summed E-state index contributed by atoms with van der Waals surface area (Å²) in [7, 11) is 0. The number of hydrogen-bond donors (Lipinski definition) is 1. The standard InChI is InChI=1S/C19H18Cl2N2O2/c20-16-7-6-13(12-17(16)21)18(24)14-4-1-2-5-15(14)19(25)23-10-3-8-22-9-11-23/h1-2,4-7,12,22H,3,8-11H2. The number of hydrogen-bond acceptors (Lipinski definition) is 3. The molecule has 2 aromatic carbocycles. The van der Waals surface area contributed by atoms with Gasteiger partial charge in [-0.3, -0.25) is 9.59 Å². The Balaban J connectivity index is 1.93. The first kappa shape index (κ1) is 17.9. The monoisotopic (exact) mass is 376 g/mol. The number of carbonyl (C=O) groups excluding carboxylic acids is 2. The van der Waals surface area contributed by atoms with Crippen LogP contribution in [0, 0.1) is 0 Å². The first-order valence-corrected chi connectivity index (χ1v) is 8.92. The van der Waals surface area contributed by atoms with Crippen molar-refractivity contribution in [2.24, 2.45) is 0 Å². The Morgan fingerprint density at radius 1 is 0.920 bits per heavy atom. The Morgan fingerprint density at radius 2 is 1.68 bits per heavy atom. The smallest absolute Gasteiger partial charge is 0.254 e.